The first-order chi connectivity index (χ1) is 15.5. The van der Waals surface area contributed by atoms with E-state index < -0.39 is 0 Å². The standard InChI is InChI=1S/C28H26N2O2/c1-16-9-11-23-20(13-16)18(3)22-15-30(19-7-5-4-6-8-19)28-25(26(22)29-23)27(31)21-14-17(2)10-12-24(21)32-28/h4-14,18,22,26,29H,15H2,1-3H3/t18-,22+,26-/m0/s1. The summed E-state index contributed by atoms with van der Waals surface area (Å²) in [6, 6.07) is 22.6. The molecule has 3 aromatic carbocycles. The highest BCUT2D eigenvalue weighted by Gasteiger charge is 2.44. The van der Waals surface area contributed by atoms with Gasteiger partial charge >= 0.3 is 0 Å². The van der Waals surface area contributed by atoms with Crippen LogP contribution in [0.5, 0.6) is 0 Å². The van der Waals surface area contributed by atoms with Crippen LogP contribution in [-0.2, 0) is 0 Å². The van der Waals surface area contributed by atoms with Crippen molar-refractivity contribution in [3.8, 4) is 0 Å². The summed E-state index contributed by atoms with van der Waals surface area (Å²) in [6.45, 7) is 7.22. The molecule has 0 bridgehead atoms. The third kappa shape index (κ3) is 2.79. The number of nitrogens with zero attached hydrogens (tertiary/aromatic N) is 1. The molecule has 0 fully saturated rings. The Hall–Kier alpha value is -3.53. The van der Waals surface area contributed by atoms with Crippen molar-refractivity contribution in [2.45, 2.75) is 32.7 Å². The molecule has 3 atom stereocenters. The van der Waals surface area contributed by atoms with Gasteiger partial charge in [0, 0.05) is 23.8 Å². The monoisotopic (exact) mass is 422 g/mol. The Morgan fingerprint density at radius 1 is 0.969 bits per heavy atom. The van der Waals surface area contributed by atoms with Gasteiger partial charge in [-0.2, -0.15) is 0 Å². The van der Waals surface area contributed by atoms with Crippen molar-refractivity contribution >= 4 is 28.2 Å². The fraction of sp³-hybridized carbons (Fsp3) is 0.250. The number of aryl methyl sites for hydroxylation is 2. The first-order valence-corrected chi connectivity index (χ1v) is 11.3. The second-order valence-corrected chi connectivity index (χ2v) is 9.26. The van der Waals surface area contributed by atoms with Crippen molar-refractivity contribution in [1.29, 1.82) is 0 Å². The highest BCUT2D eigenvalue weighted by atomic mass is 16.4. The fourth-order valence-corrected chi connectivity index (χ4v) is 5.44. The van der Waals surface area contributed by atoms with Crippen molar-refractivity contribution in [1.82, 2.24) is 0 Å². The average molecular weight is 423 g/mol. The number of hydrogen-bond donors (Lipinski definition) is 1. The zero-order chi connectivity index (χ0) is 22.0. The topological polar surface area (TPSA) is 45.5 Å². The van der Waals surface area contributed by atoms with Crippen LogP contribution in [0.4, 0.5) is 17.3 Å². The SMILES string of the molecule is Cc1ccc2c(c1)[C@H](C)[C@H]1CN(c3ccccc3)c3oc4ccc(C)cc4c(=O)c3[C@H]1N2. The Labute approximate surface area is 187 Å². The Morgan fingerprint density at radius 3 is 2.53 bits per heavy atom. The molecule has 1 aromatic heterocycles. The normalized spacial score (nSPS) is 21.5. The second-order valence-electron chi connectivity index (χ2n) is 9.26. The number of fused-ring (bicyclic) bond motifs is 5. The van der Waals surface area contributed by atoms with E-state index in [4.69, 9.17) is 4.42 Å². The van der Waals surface area contributed by atoms with Crippen LogP contribution >= 0.6 is 0 Å². The third-order valence-corrected chi connectivity index (χ3v) is 7.16. The molecule has 1 N–H and O–H groups in total. The van der Waals surface area contributed by atoms with Gasteiger partial charge in [0.1, 0.15) is 5.58 Å². The van der Waals surface area contributed by atoms with E-state index in [0.29, 0.717) is 22.8 Å². The zero-order valence-corrected chi connectivity index (χ0v) is 18.6. The minimum absolute atomic E-state index is 0.0656. The molecule has 0 saturated heterocycles. The van der Waals surface area contributed by atoms with Gasteiger partial charge in [-0.25, -0.2) is 0 Å². The van der Waals surface area contributed by atoms with Gasteiger partial charge in [-0.3, -0.25) is 4.79 Å². The molecule has 0 spiro atoms. The summed E-state index contributed by atoms with van der Waals surface area (Å²) in [5, 5.41) is 4.37. The molecular formula is C28H26N2O2. The van der Waals surface area contributed by atoms with Crippen LogP contribution in [0.3, 0.4) is 0 Å². The van der Waals surface area contributed by atoms with Crippen molar-refractivity contribution in [2.24, 2.45) is 5.92 Å². The first-order valence-electron chi connectivity index (χ1n) is 11.3. The lowest BCUT2D eigenvalue weighted by atomic mass is 9.73. The minimum atomic E-state index is -0.0867. The molecule has 2 aliphatic rings. The lowest BCUT2D eigenvalue weighted by Crippen LogP contribution is -2.45. The Balaban J connectivity index is 1.62. The van der Waals surface area contributed by atoms with E-state index in [0.717, 1.165) is 29.0 Å². The van der Waals surface area contributed by atoms with Gasteiger partial charge in [0.2, 0.25) is 5.88 Å². The highest BCUT2D eigenvalue weighted by molar-refractivity contribution is 5.82. The molecule has 3 heterocycles. The molecule has 4 aromatic rings. The van der Waals surface area contributed by atoms with E-state index in [1.54, 1.807) is 0 Å². The maximum atomic E-state index is 13.9. The summed E-state index contributed by atoms with van der Waals surface area (Å²) >= 11 is 0. The molecule has 4 nitrogen and oxygen atoms in total. The highest BCUT2D eigenvalue weighted by Crippen LogP contribution is 2.51. The number of nitrogens with one attached hydrogen (secondary N) is 1. The quantitative estimate of drug-likeness (QED) is 0.383. The summed E-state index contributed by atoms with van der Waals surface area (Å²) in [4.78, 5) is 16.1. The predicted molar refractivity (Wildman–Crippen MR) is 130 cm³/mol. The first kappa shape index (κ1) is 19.2. The largest absolute Gasteiger partial charge is 0.440 e. The van der Waals surface area contributed by atoms with E-state index in [9.17, 15) is 4.79 Å². The van der Waals surface area contributed by atoms with Crippen LogP contribution in [0.25, 0.3) is 11.0 Å². The van der Waals surface area contributed by atoms with E-state index in [2.05, 4.69) is 54.4 Å². The van der Waals surface area contributed by atoms with Crippen LogP contribution in [0, 0.1) is 19.8 Å². The third-order valence-electron chi connectivity index (χ3n) is 7.16. The Bertz CT molecular complexity index is 1410. The van der Waals surface area contributed by atoms with E-state index in [1.165, 1.54) is 11.1 Å². The van der Waals surface area contributed by atoms with Crippen LogP contribution < -0.4 is 15.6 Å². The predicted octanol–water partition coefficient (Wildman–Crippen LogP) is 6.45. The van der Waals surface area contributed by atoms with Gasteiger partial charge in [0.25, 0.3) is 0 Å². The number of para-hydroxylation sites is 1. The molecule has 6 rings (SSSR count). The van der Waals surface area contributed by atoms with Crippen LogP contribution in [0.1, 0.15) is 41.1 Å². The molecule has 0 unspecified atom stereocenters. The molecule has 0 radical (unpaired) electrons. The van der Waals surface area contributed by atoms with Crippen molar-refractivity contribution in [2.75, 3.05) is 16.8 Å². The van der Waals surface area contributed by atoms with E-state index in [-0.39, 0.29) is 17.4 Å². The molecule has 32 heavy (non-hydrogen) atoms. The van der Waals surface area contributed by atoms with Gasteiger partial charge in [-0.1, -0.05) is 54.4 Å². The number of anilines is 3. The minimum Gasteiger partial charge on any atom is -0.440 e. The van der Waals surface area contributed by atoms with E-state index >= 15 is 0 Å². The summed E-state index contributed by atoms with van der Waals surface area (Å²) in [7, 11) is 0. The van der Waals surface area contributed by atoms with Crippen LogP contribution in [-0.4, -0.2) is 6.54 Å². The van der Waals surface area contributed by atoms with Gasteiger partial charge in [-0.15, -0.1) is 0 Å². The van der Waals surface area contributed by atoms with Crippen LogP contribution in [0.2, 0.25) is 0 Å². The molecule has 0 amide bonds. The van der Waals surface area contributed by atoms with Gasteiger partial charge in [0.05, 0.1) is 17.0 Å². The maximum Gasteiger partial charge on any atom is 0.209 e. The number of hydrogen-bond acceptors (Lipinski definition) is 4. The molecule has 4 heteroatoms. The molecule has 0 saturated carbocycles. The zero-order valence-electron chi connectivity index (χ0n) is 18.6. The summed E-state index contributed by atoms with van der Waals surface area (Å²) < 4.78 is 6.46. The lowest BCUT2D eigenvalue weighted by Gasteiger charge is -2.46. The molecule has 0 aliphatic carbocycles. The molecule has 2 aliphatic heterocycles. The Kier molecular flexibility index (Phi) is 4.19. The van der Waals surface area contributed by atoms with Crippen molar-refractivity contribution in [3.05, 3.63) is 99.2 Å². The van der Waals surface area contributed by atoms with Gasteiger partial charge in [-0.05, 0) is 55.7 Å². The smallest absolute Gasteiger partial charge is 0.209 e. The van der Waals surface area contributed by atoms with Gasteiger partial charge in [0.15, 0.2) is 5.43 Å². The van der Waals surface area contributed by atoms with Crippen molar-refractivity contribution < 1.29 is 4.42 Å². The number of rotatable bonds is 1. The number of benzene rings is 3. The second kappa shape index (κ2) is 6.99. The Morgan fingerprint density at radius 2 is 1.72 bits per heavy atom. The summed E-state index contributed by atoms with van der Waals surface area (Å²) in [6.07, 6.45) is 0. The van der Waals surface area contributed by atoms with Gasteiger partial charge < -0.3 is 14.6 Å². The van der Waals surface area contributed by atoms with E-state index in [1.807, 2.05) is 43.3 Å². The molecule has 160 valence electrons. The fourth-order valence-electron chi connectivity index (χ4n) is 5.44. The van der Waals surface area contributed by atoms with Crippen LogP contribution in [0.15, 0.2) is 75.9 Å². The maximum absolute atomic E-state index is 13.9. The summed E-state index contributed by atoms with van der Waals surface area (Å²) in [5.41, 5.74) is 7.24. The lowest BCUT2D eigenvalue weighted by molar-refractivity contribution is 0.353. The molecular weight excluding hydrogens is 396 g/mol. The average Bonchev–Trinajstić information content (AvgIpc) is 2.80. The summed E-state index contributed by atoms with van der Waals surface area (Å²) in [5.74, 6) is 1.21. The van der Waals surface area contributed by atoms with Crippen molar-refractivity contribution in [3.63, 3.8) is 0 Å².